The lowest BCUT2D eigenvalue weighted by atomic mass is 10.2. The van der Waals surface area contributed by atoms with Crippen LogP contribution in [0.25, 0.3) is 0 Å². The average molecular weight is 284 g/mol. The van der Waals surface area contributed by atoms with E-state index in [1.165, 1.54) is 6.92 Å². The van der Waals surface area contributed by atoms with Crippen LogP contribution >= 0.6 is 0 Å². The smallest absolute Gasteiger partial charge is 0.303 e. The van der Waals surface area contributed by atoms with Crippen molar-refractivity contribution in [3.8, 4) is 0 Å². The van der Waals surface area contributed by atoms with E-state index in [4.69, 9.17) is 9.84 Å². The Morgan fingerprint density at radius 3 is 2.00 bits per heavy atom. The molecule has 0 spiro atoms. The van der Waals surface area contributed by atoms with Crippen molar-refractivity contribution in [1.82, 2.24) is 0 Å². The molecule has 1 N–H and O–H groups in total. The van der Waals surface area contributed by atoms with E-state index >= 15 is 0 Å². The summed E-state index contributed by atoms with van der Waals surface area (Å²) in [4.78, 5) is 20.2. The van der Waals surface area contributed by atoms with Gasteiger partial charge in [-0.15, -0.1) is 0 Å². The third-order valence-electron chi connectivity index (χ3n) is 2.16. The van der Waals surface area contributed by atoms with Crippen LogP contribution < -0.4 is 0 Å². The van der Waals surface area contributed by atoms with Crippen molar-refractivity contribution in [3.63, 3.8) is 0 Å². The molecule has 0 saturated carbocycles. The van der Waals surface area contributed by atoms with Crippen molar-refractivity contribution in [2.45, 2.75) is 59.3 Å². The van der Waals surface area contributed by atoms with Gasteiger partial charge in [-0.3, -0.25) is 9.59 Å². The molecular formula is C16H28O4. The third kappa shape index (κ3) is 25.3. The second-order valence-corrected chi connectivity index (χ2v) is 4.17. The highest BCUT2D eigenvalue weighted by Gasteiger charge is 1.92. The predicted molar refractivity (Wildman–Crippen MR) is 81.6 cm³/mol. The lowest BCUT2D eigenvalue weighted by Crippen LogP contribution is -1.98. The van der Waals surface area contributed by atoms with Gasteiger partial charge in [-0.05, 0) is 32.1 Å². The van der Waals surface area contributed by atoms with E-state index < -0.39 is 5.97 Å². The Balaban J connectivity index is 0. The van der Waals surface area contributed by atoms with Gasteiger partial charge >= 0.3 is 11.9 Å². The summed E-state index contributed by atoms with van der Waals surface area (Å²) < 4.78 is 4.70. The Bertz CT molecular complexity index is 263. The molecule has 0 rings (SSSR count). The Labute approximate surface area is 122 Å². The second-order valence-electron chi connectivity index (χ2n) is 4.17. The summed E-state index contributed by atoms with van der Waals surface area (Å²) in [6.45, 7) is 6.06. The van der Waals surface area contributed by atoms with Crippen LogP contribution in [0.2, 0.25) is 0 Å². The number of rotatable bonds is 9. The topological polar surface area (TPSA) is 63.6 Å². The number of esters is 1. The molecule has 0 saturated heterocycles. The van der Waals surface area contributed by atoms with Crippen LogP contribution in [0, 0.1) is 0 Å². The molecule has 4 heteroatoms. The third-order valence-corrected chi connectivity index (χ3v) is 2.16. The van der Waals surface area contributed by atoms with Crippen LogP contribution in [-0.2, 0) is 14.3 Å². The second kappa shape index (κ2) is 17.4. The normalized spacial score (nSPS) is 10.3. The van der Waals surface area contributed by atoms with Gasteiger partial charge in [0, 0.05) is 13.3 Å². The summed E-state index contributed by atoms with van der Waals surface area (Å²) in [5.74, 6) is -0.908. The largest absolute Gasteiger partial charge is 0.481 e. The maximum absolute atomic E-state index is 10.2. The maximum Gasteiger partial charge on any atom is 0.303 e. The van der Waals surface area contributed by atoms with Crippen LogP contribution in [0.1, 0.15) is 59.3 Å². The zero-order chi connectivity index (χ0) is 15.6. The first kappa shape index (κ1) is 20.7. The van der Waals surface area contributed by atoms with E-state index in [2.05, 4.69) is 26.0 Å². The molecule has 0 atom stereocenters. The van der Waals surface area contributed by atoms with E-state index in [0.29, 0.717) is 6.61 Å². The lowest BCUT2D eigenvalue weighted by Gasteiger charge is -1.95. The molecular weight excluding hydrogens is 256 g/mol. The molecule has 0 aromatic rings. The highest BCUT2D eigenvalue weighted by molar-refractivity contribution is 5.66. The Hall–Kier alpha value is -1.58. The first-order chi connectivity index (χ1) is 9.54. The summed E-state index contributed by atoms with van der Waals surface area (Å²) in [6, 6.07) is 0. The Morgan fingerprint density at radius 1 is 1.00 bits per heavy atom. The van der Waals surface area contributed by atoms with E-state index in [1.807, 2.05) is 12.2 Å². The van der Waals surface area contributed by atoms with Gasteiger partial charge in [-0.1, -0.05) is 38.2 Å². The molecule has 0 aromatic heterocycles. The molecule has 4 nitrogen and oxygen atoms in total. The number of ether oxygens (including phenoxy) is 1. The summed E-state index contributed by atoms with van der Waals surface area (Å²) >= 11 is 0. The number of aliphatic carboxylic acids is 1. The van der Waals surface area contributed by atoms with Crippen LogP contribution in [0.5, 0.6) is 0 Å². The van der Waals surface area contributed by atoms with Gasteiger partial charge in [0.2, 0.25) is 0 Å². The molecule has 0 heterocycles. The predicted octanol–water partition coefficient (Wildman–Crippen LogP) is 4.11. The molecule has 0 unspecified atom stereocenters. The highest BCUT2D eigenvalue weighted by atomic mass is 16.5. The number of carboxylic acid groups (broad SMARTS) is 1. The fourth-order valence-corrected chi connectivity index (χ4v) is 1.21. The van der Waals surface area contributed by atoms with Crippen molar-refractivity contribution in [1.29, 1.82) is 0 Å². The first-order valence-electron chi connectivity index (χ1n) is 7.19. The molecule has 0 fully saturated rings. The fourth-order valence-electron chi connectivity index (χ4n) is 1.21. The van der Waals surface area contributed by atoms with Crippen molar-refractivity contribution in [2.24, 2.45) is 0 Å². The minimum absolute atomic E-state index is 0.204. The summed E-state index contributed by atoms with van der Waals surface area (Å²) in [7, 11) is 0. The van der Waals surface area contributed by atoms with Crippen molar-refractivity contribution < 1.29 is 19.4 Å². The molecule has 0 aliphatic rings. The van der Waals surface area contributed by atoms with Gasteiger partial charge in [0.05, 0.1) is 6.61 Å². The van der Waals surface area contributed by atoms with Crippen LogP contribution in [-0.4, -0.2) is 23.7 Å². The number of hydrogen-bond acceptors (Lipinski definition) is 3. The fraction of sp³-hybridized carbons (Fsp3) is 0.625. The Morgan fingerprint density at radius 2 is 1.55 bits per heavy atom. The minimum atomic E-state index is -0.704. The quantitative estimate of drug-likeness (QED) is 0.393. The van der Waals surface area contributed by atoms with E-state index in [0.717, 1.165) is 32.1 Å². The van der Waals surface area contributed by atoms with Crippen molar-refractivity contribution in [2.75, 3.05) is 6.61 Å². The van der Waals surface area contributed by atoms with Gasteiger partial charge in [0.15, 0.2) is 0 Å². The van der Waals surface area contributed by atoms with Gasteiger partial charge < -0.3 is 9.84 Å². The standard InChI is InChI=1S/2C8H14O2/c1-3-4-5-6-7-10-8(2)9;1-2-3-4-5-6-7-8(9)10/h4-5H,3,6-7H2,1-2H3;3-4H,2,5-7H2,1H3,(H,9,10)/b5-4-;4-3-. The number of hydrogen-bond donors (Lipinski definition) is 1. The van der Waals surface area contributed by atoms with Crippen molar-refractivity contribution >= 4 is 11.9 Å². The van der Waals surface area contributed by atoms with E-state index in [1.54, 1.807) is 0 Å². The molecule has 0 amide bonds. The number of unbranched alkanes of at least 4 members (excludes halogenated alkanes) is 1. The van der Waals surface area contributed by atoms with E-state index in [-0.39, 0.29) is 12.4 Å². The molecule has 116 valence electrons. The van der Waals surface area contributed by atoms with Crippen LogP contribution in [0.4, 0.5) is 0 Å². The van der Waals surface area contributed by atoms with Gasteiger partial charge in [-0.2, -0.15) is 0 Å². The maximum atomic E-state index is 10.2. The highest BCUT2D eigenvalue weighted by Crippen LogP contribution is 1.96. The zero-order valence-corrected chi connectivity index (χ0v) is 12.9. The monoisotopic (exact) mass is 284 g/mol. The molecule has 0 aliphatic carbocycles. The summed E-state index contributed by atoms with van der Waals surface area (Å²) in [5.41, 5.74) is 0. The van der Waals surface area contributed by atoms with E-state index in [9.17, 15) is 9.59 Å². The molecule has 20 heavy (non-hydrogen) atoms. The molecule has 0 bridgehead atoms. The average Bonchev–Trinajstić information content (AvgIpc) is 2.38. The number of carboxylic acids is 1. The zero-order valence-electron chi connectivity index (χ0n) is 12.9. The summed E-state index contributed by atoms with van der Waals surface area (Å²) in [6.07, 6.45) is 13.0. The first-order valence-corrected chi connectivity index (χ1v) is 7.19. The van der Waals surface area contributed by atoms with Crippen LogP contribution in [0.3, 0.4) is 0 Å². The summed E-state index contributed by atoms with van der Waals surface area (Å²) in [5, 5.41) is 8.25. The number of carbonyl (C=O) groups is 2. The Kier molecular flexibility index (Phi) is 18.1. The van der Waals surface area contributed by atoms with Gasteiger partial charge in [0.25, 0.3) is 0 Å². The number of carbonyl (C=O) groups excluding carboxylic acids is 1. The molecule has 0 aliphatic heterocycles. The van der Waals surface area contributed by atoms with Crippen molar-refractivity contribution in [3.05, 3.63) is 24.3 Å². The molecule has 0 aromatic carbocycles. The van der Waals surface area contributed by atoms with Gasteiger partial charge in [0.1, 0.15) is 0 Å². The number of allylic oxidation sites excluding steroid dienone is 3. The SMILES string of the molecule is CC/C=C\CCCC(=O)O.CC/C=C\CCOC(C)=O. The lowest BCUT2D eigenvalue weighted by molar-refractivity contribution is -0.141. The minimum Gasteiger partial charge on any atom is -0.481 e. The van der Waals surface area contributed by atoms with Gasteiger partial charge in [-0.25, -0.2) is 0 Å². The van der Waals surface area contributed by atoms with Crippen LogP contribution in [0.15, 0.2) is 24.3 Å². The molecule has 0 radical (unpaired) electrons.